The highest BCUT2D eigenvalue weighted by molar-refractivity contribution is 4.96. The molecule has 0 aromatic carbocycles. The van der Waals surface area contributed by atoms with Gasteiger partial charge < -0.3 is 10.1 Å². The van der Waals surface area contributed by atoms with Gasteiger partial charge in [0.2, 0.25) is 0 Å². The molecule has 0 aliphatic heterocycles. The molecule has 1 aliphatic carbocycles. The second-order valence-corrected chi connectivity index (χ2v) is 3.60. The Morgan fingerprint density at radius 1 is 1.50 bits per heavy atom. The molecule has 4 heteroatoms. The van der Waals surface area contributed by atoms with Crippen LogP contribution >= 0.6 is 0 Å². The molecule has 0 bridgehead atoms. The molecule has 2 rings (SSSR count). The Bertz CT molecular complexity index is 272. The van der Waals surface area contributed by atoms with E-state index in [9.17, 15) is 0 Å². The molecule has 76 valence electrons. The SMILES string of the molecule is COC1CC(NCc2cnccn2)C1. The number of ether oxygens (including phenoxy) is 1. The van der Waals surface area contributed by atoms with Gasteiger partial charge in [0.25, 0.3) is 0 Å². The Morgan fingerprint density at radius 3 is 3.00 bits per heavy atom. The normalized spacial score (nSPS) is 25.8. The molecule has 0 atom stereocenters. The van der Waals surface area contributed by atoms with Gasteiger partial charge in [-0.15, -0.1) is 0 Å². The number of nitrogens with one attached hydrogen (secondary N) is 1. The first-order chi connectivity index (χ1) is 6.88. The van der Waals surface area contributed by atoms with Crippen molar-refractivity contribution in [2.24, 2.45) is 0 Å². The lowest BCUT2D eigenvalue weighted by molar-refractivity contribution is 0.0169. The smallest absolute Gasteiger partial charge is 0.0724 e. The van der Waals surface area contributed by atoms with Gasteiger partial charge in [-0.3, -0.25) is 9.97 Å². The van der Waals surface area contributed by atoms with Gasteiger partial charge in [-0.05, 0) is 12.8 Å². The van der Waals surface area contributed by atoms with Crippen LogP contribution in [0, 0.1) is 0 Å². The molecule has 1 heterocycles. The van der Waals surface area contributed by atoms with E-state index >= 15 is 0 Å². The summed E-state index contributed by atoms with van der Waals surface area (Å²) in [4.78, 5) is 8.20. The van der Waals surface area contributed by atoms with Crippen molar-refractivity contribution in [3.8, 4) is 0 Å². The summed E-state index contributed by atoms with van der Waals surface area (Å²) in [7, 11) is 1.77. The molecule has 14 heavy (non-hydrogen) atoms. The third kappa shape index (κ3) is 2.27. The summed E-state index contributed by atoms with van der Waals surface area (Å²) < 4.78 is 5.20. The number of hydrogen-bond donors (Lipinski definition) is 1. The Hall–Kier alpha value is -1.00. The van der Waals surface area contributed by atoms with Crippen LogP contribution in [-0.2, 0) is 11.3 Å². The van der Waals surface area contributed by atoms with E-state index in [-0.39, 0.29) is 0 Å². The van der Waals surface area contributed by atoms with Crippen LogP contribution in [-0.4, -0.2) is 29.2 Å². The molecule has 1 aliphatic rings. The largest absolute Gasteiger partial charge is 0.381 e. The topological polar surface area (TPSA) is 47.0 Å². The van der Waals surface area contributed by atoms with E-state index in [4.69, 9.17) is 4.74 Å². The lowest BCUT2D eigenvalue weighted by Gasteiger charge is -2.34. The average Bonchev–Trinajstić information content (AvgIpc) is 2.17. The van der Waals surface area contributed by atoms with Gasteiger partial charge in [0.1, 0.15) is 0 Å². The van der Waals surface area contributed by atoms with Crippen molar-refractivity contribution in [3.05, 3.63) is 24.3 Å². The number of aromatic nitrogens is 2. The van der Waals surface area contributed by atoms with Crippen LogP contribution in [0.15, 0.2) is 18.6 Å². The monoisotopic (exact) mass is 193 g/mol. The zero-order chi connectivity index (χ0) is 9.80. The van der Waals surface area contributed by atoms with Crippen LogP contribution in [0.5, 0.6) is 0 Å². The fourth-order valence-corrected chi connectivity index (χ4v) is 1.59. The minimum absolute atomic E-state index is 0.453. The van der Waals surface area contributed by atoms with E-state index in [0.29, 0.717) is 12.1 Å². The molecule has 4 nitrogen and oxygen atoms in total. The molecule has 1 N–H and O–H groups in total. The summed E-state index contributed by atoms with van der Waals surface area (Å²) >= 11 is 0. The maximum atomic E-state index is 5.20. The van der Waals surface area contributed by atoms with Gasteiger partial charge in [-0.1, -0.05) is 0 Å². The Kier molecular flexibility index (Phi) is 3.06. The maximum Gasteiger partial charge on any atom is 0.0724 e. The third-order valence-electron chi connectivity index (χ3n) is 2.62. The van der Waals surface area contributed by atoms with Crippen molar-refractivity contribution in [1.29, 1.82) is 0 Å². The fraction of sp³-hybridized carbons (Fsp3) is 0.600. The molecular formula is C10H15N3O. The van der Waals surface area contributed by atoms with Crippen molar-refractivity contribution >= 4 is 0 Å². The van der Waals surface area contributed by atoms with Crippen LogP contribution < -0.4 is 5.32 Å². The average molecular weight is 193 g/mol. The Balaban J connectivity index is 1.69. The summed E-state index contributed by atoms with van der Waals surface area (Å²) in [6, 6.07) is 0.585. The van der Waals surface area contributed by atoms with E-state index < -0.39 is 0 Å². The third-order valence-corrected chi connectivity index (χ3v) is 2.62. The molecule has 0 unspecified atom stereocenters. The van der Waals surface area contributed by atoms with Crippen LogP contribution in [0.25, 0.3) is 0 Å². The van der Waals surface area contributed by atoms with Gasteiger partial charge in [-0.2, -0.15) is 0 Å². The van der Waals surface area contributed by atoms with Crippen molar-refractivity contribution in [2.75, 3.05) is 7.11 Å². The maximum absolute atomic E-state index is 5.20. The van der Waals surface area contributed by atoms with E-state index in [1.807, 2.05) is 0 Å². The minimum Gasteiger partial charge on any atom is -0.381 e. The zero-order valence-corrected chi connectivity index (χ0v) is 8.31. The highest BCUT2D eigenvalue weighted by Gasteiger charge is 2.28. The summed E-state index contributed by atoms with van der Waals surface area (Å²) in [6.45, 7) is 0.801. The number of rotatable bonds is 4. The van der Waals surface area contributed by atoms with E-state index in [0.717, 1.165) is 25.1 Å². The lowest BCUT2D eigenvalue weighted by atomic mass is 9.89. The Labute approximate surface area is 83.7 Å². The second-order valence-electron chi connectivity index (χ2n) is 3.60. The summed E-state index contributed by atoms with van der Waals surface area (Å²) in [6.07, 6.45) is 7.87. The van der Waals surface area contributed by atoms with Gasteiger partial charge >= 0.3 is 0 Å². The summed E-state index contributed by atoms with van der Waals surface area (Å²) in [5, 5.41) is 3.42. The number of hydrogen-bond acceptors (Lipinski definition) is 4. The highest BCUT2D eigenvalue weighted by atomic mass is 16.5. The van der Waals surface area contributed by atoms with Gasteiger partial charge in [0, 0.05) is 38.3 Å². The molecule has 1 aromatic heterocycles. The van der Waals surface area contributed by atoms with Gasteiger partial charge in [0.15, 0.2) is 0 Å². The van der Waals surface area contributed by atoms with Crippen LogP contribution in [0.2, 0.25) is 0 Å². The zero-order valence-electron chi connectivity index (χ0n) is 8.31. The minimum atomic E-state index is 0.453. The van der Waals surface area contributed by atoms with E-state index in [1.54, 1.807) is 25.7 Å². The molecule has 0 spiro atoms. The van der Waals surface area contributed by atoms with Crippen molar-refractivity contribution in [2.45, 2.75) is 31.5 Å². The molecular weight excluding hydrogens is 178 g/mol. The van der Waals surface area contributed by atoms with Crippen LogP contribution in [0.3, 0.4) is 0 Å². The molecule has 0 saturated heterocycles. The first kappa shape index (κ1) is 9.55. The summed E-state index contributed by atoms with van der Waals surface area (Å²) in [5.74, 6) is 0. The van der Waals surface area contributed by atoms with E-state index in [2.05, 4.69) is 15.3 Å². The van der Waals surface area contributed by atoms with Crippen LogP contribution in [0.1, 0.15) is 18.5 Å². The first-order valence-electron chi connectivity index (χ1n) is 4.89. The molecule has 0 amide bonds. The summed E-state index contributed by atoms with van der Waals surface area (Å²) in [5.41, 5.74) is 0.994. The molecule has 1 saturated carbocycles. The Morgan fingerprint density at radius 2 is 2.36 bits per heavy atom. The van der Waals surface area contributed by atoms with Gasteiger partial charge in [0.05, 0.1) is 11.8 Å². The predicted molar refractivity (Wildman–Crippen MR) is 52.7 cm³/mol. The van der Waals surface area contributed by atoms with Crippen molar-refractivity contribution in [3.63, 3.8) is 0 Å². The highest BCUT2D eigenvalue weighted by Crippen LogP contribution is 2.22. The van der Waals surface area contributed by atoms with Crippen LogP contribution in [0.4, 0.5) is 0 Å². The van der Waals surface area contributed by atoms with Gasteiger partial charge in [-0.25, -0.2) is 0 Å². The number of methoxy groups -OCH3 is 1. The lowest BCUT2D eigenvalue weighted by Crippen LogP contribution is -2.44. The number of nitrogens with zero attached hydrogens (tertiary/aromatic N) is 2. The second kappa shape index (κ2) is 4.48. The quantitative estimate of drug-likeness (QED) is 0.766. The molecule has 0 radical (unpaired) electrons. The molecule has 1 aromatic rings. The predicted octanol–water partition coefficient (Wildman–Crippen LogP) is 0.744. The van der Waals surface area contributed by atoms with Crippen molar-refractivity contribution in [1.82, 2.24) is 15.3 Å². The fourth-order valence-electron chi connectivity index (χ4n) is 1.59. The van der Waals surface area contributed by atoms with E-state index in [1.165, 1.54) is 0 Å². The van der Waals surface area contributed by atoms with Crippen molar-refractivity contribution < 1.29 is 4.74 Å². The molecule has 1 fully saturated rings. The standard InChI is InChI=1S/C10H15N3O/c1-14-10-4-8(5-10)13-7-9-6-11-2-3-12-9/h2-3,6,8,10,13H,4-5,7H2,1H3. The first-order valence-corrected chi connectivity index (χ1v) is 4.89.